The van der Waals surface area contributed by atoms with Gasteiger partial charge in [-0.05, 0) is 29.8 Å². The Morgan fingerprint density at radius 3 is 2.63 bits per heavy atom. The molecule has 0 fully saturated rings. The van der Waals surface area contributed by atoms with E-state index in [0.29, 0.717) is 24.2 Å². The van der Waals surface area contributed by atoms with Gasteiger partial charge < -0.3 is 26.5 Å². The van der Waals surface area contributed by atoms with Gasteiger partial charge in [-0.15, -0.1) is 0 Å². The number of carbonyl (C=O) groups is 2. The van der Waals surface area contributed by atoms with Gasteiger partial charge in [0, 0.05) is 59.9 Å². The van der Waals surface area contributed by atoms with E-state index in [0.717, 1.165) is 27.7 Å². The van der Waals surface area contributed by atoms with Crippen molar-refractivity contribution in [3.63, 3.8) is 0 Å². The van der Waals surface area contributed by atoms with Crippen molar-refractivity contribution in [1.29, 1.82) is 0 Å². The summed E-state index contributed by atoms with van der Waals surface area (Å²) in [4.78, 5) is 28.4. The fraction of sp³-hybridized carbons (Fsp3) is 0.214. The minimum Gasteiger partial charge on any atom is -0.511 e. The Morgan fingerprint density at radius 1 is 1.23 bits per heavy atom. The quantitative estimate of drug-likeness (QED) is 0.323. The van der Waals surface area contributed by atoms with Crippen LogP contribution in [0.2, 0.25) is 0 Å². The molecule has 35 heavy (non-hydrogen) atoms. The zero-order valence-electron chi connectivity index (χ0n) is 19.7. The van der Waals surface area contributed by atoms with E-state index in [1.807, 2.05) is 54.6 Å². The maximum Gasteiger partial charge on any atom is 0.216 e. The van der Waals surface area contributed by atoms with E-state index >= 15 is 0 Å². The summed E-state index contributed by atoms with van der Waals surface area (Å²) < 4.78 is 0. The first kappa shape index (κ1) is 23.9. The second kappa shape index (κ2) is 10.3. The van der Waals surface area contributed by atoms with Gasteiger partial charge in [0.05, 0.1) is 5.92 Å². The first-order valence-electron chi connectivity index (χ1n) is 11.6. The topological polar surface area (TPSA) is 120 Å². The van der Waals surface area contributed by atoms with Gasteiger partial charge in [0.2, 0.25) is 5.91 Å². The smallest absolute Gasteiger partial charge is 0.216 e. The van der Waals surface area contributed by atoms with Crippen LogP contribution in [0.5, 0.6) is 0 Å². The van der Waals surface area contributed by atoms with E-state index in [2.05, 4.69) is 22.2 Å². The number of hydrogen-bond donors (Lipinski definition) is 5. The Kier molecular flexibility index (Phi) is 7.06. The highest BCUT2D eigenvalue weighted by Crippen LogP contribution is 2.45. The van der Waals surface area contributed by atoms with Crippen molar-refractivity contribution in [2.24, 2.45) is 5.73 Å². The Bertz CT molecular complexity index is 1320. The lowest BCUT2D eigenvalue weighted by Gasteiger charge is -2.22. The van der Waals surface area contributed by atoms with Crippen LogP contribution in [0, 0.1) is 0 Å². The highest BCUT2D eigenvalue weighted by molar-refractivity contribution is 6.02. The summed E-state index contributed by atoms with van der Waals surface area (Å²) in [6.45, 7) is 5.67. The molecule has 1 amide bonds. The fourth-order valence-electron chi connectivity index (χ4n) is 4.89. The Balaban J connectivity index is 1.90. The number of allylic oxidation sites excluding steroid dienone is 2. The summed E-state index contributed by atoms with van der Waals surface area (Å²) in [5, 5.41) is 18.3. The van der Waals surface area contributed by atoms with Crippen molar-refractivity contribution in [2.75, 3.05) is 6.54 Å². The third-order valence-electron chi connectivity index (χ3n) is 6.43. The van der Waals surface area contributed by atoms with Crippen LogP contribution < -0.4 is 16.4 Å². The van der Waals surface area contributed by atoms with Gasteiger partial charge in [0.15, 0.2) is 5.78 Å². The highest BCUT2D eigenvalue weighted by Gasteiger charge is 2.40. The number of hydrogen-bond acceptors (Lipinski definition) is 5. The highest BCUT2D eigenvalue weighted by atomic mass is 16.3. The SMILES string of the molecule is C=CN/C(=C\N)C(C1=C(O)C(c2ccccc2)CC1=O)c1[nH]c2ccccc2c1CCNC(C)=O. The number of amides is 1. The monoisotopic (exact) mass is 470 g/mol. The number of benzene rings is 2. The van der Waals surface area contributed by atoms with Crippen LogP contribution in [0.25, 0.3) is 10.9 Å². The summed E-state index contributed by atoms with van der Waals surface area (Å²) >= 11 is 0. The van der Waals surface area contributed by atoms with Crippen LogP contribution in [-0.2, 0) is 16.0 Å². The van der Waals surface area contributed by atoms with Crippen LogP contribution in [0.1, 0.15) is 42.0 Å². The number of nitrogens with two attached hydrogens (primary N) is 1. The fourth-order valence-corrected chi connectivity index (χ4v) is 4.89. The molecule has 0 saturated heterocycles. The largest absolute Gasteiger partial charge is 0.511 e. The van der Waals surface area contributed by atoms with Crippen LogP contribution in [-0.4, -0.2) is 28.3 Å². The van der Waals surface area contributed by atoms with Crippen LogP contribution in [0.15, 0.2) is 90.6 Å². The number of fused-ring (bicyclic) bond motifs is 1. The van der Waals surface area contributed by atoms with Crippen molar-refractivity contribution >= 4 is 22.6 Å². The number of carbonyl (C=O) groups excluding carboxylic acids is 2. The van der Waals surface area contributed by atoms with Gasteiger partial charge in [-0.2, -0.15) is 0 Å². The molecule has 0 aliphatic heterocycles. The number of ketones is 1. The molecule has 6 N–H and O–H groups in total. The zero-order chi connectivity index (χ0) is 24.9. The van der Waals surface area contributed by atoms with E-state index < -0.39 is 11.8 Å². The lowest BCUT2D eigenvalue weighted by Crippen LogP contribution is -2.24. The number of Topliss-reactive ketones (excluding diaryl/α,β-unsaturated/α-hetero) is 1. The van der Waals surface area contributed by atoms with Gasteiger partial charge in [0.25, 0.3) is 0 Å². The normalized spacial score (nSPS) is 17.0. The van der Waals surface area contributed by atoms with Crippen LogP contribution in [0.4, 0.5) is 0 Å². The second-order valence-electron chi connectivity index (χ2n) is 8.59. The van der Waals surface area contributed by atoms with E-state index in [9.17, 15) is 14.7 Å². The third kappa shape index (κ3) is 4.71. The first-order chi connectivity index (χ1) is 17.0. The van der Waals surface area contributed by atoms with Gasteiger partial charge in [0.1, 0.15) is 5.76 Å². The predicted molar refractivity (Wildman–Crippen MR) is 137 cm³/mol. The van der Waals surface area contributed by atoms with E-state index in [1.165, 1.54) is 19.3 Å². The Hall–Kier alpha value is -4.26. The predicted octanol–water partition coefficient (Wildman–Crippen LogP) is 4.03. The number of aliphatic hydroxyl groups is 1. The molecule has 0 bridgehead atoms. The molecule has 7 nitrogen and oxygen atoms in total. The zero-order valence-corrected chi connectivity index (χ0v) is 19.7. The van der Waals surface area contributed by atoms with E-state index in [4.69, 9.17) is 5.73 Å². The molecule has 1 aliphatic rings. The first-order valence-corrected chi connectivity index (χ1v) is 11.6. The maximum absolute atomic E-state index is 13.4. The summed E-state index contributed by atoms with van der Waals surface area (Å²) in [6.07, 6.45) is 3.61. The van der Waals surface area contributed by atoms with Crippen molar-refractivity contribution in [3.05, 3.63) is 107 Å². The van der Waals surface area contributed by atoms with Crippen molar-refractivity contribution in [1.82, 2.24) is 15.6 Å². The number of rotatable bonds is 9. The van der Waals surface area contributed by atoms with Crippen molar-refractivity contribution < 1.29 is 14.7 Å². The molecule has 0 radical (unpaired) electrons. The average Bonchev–Trinajstić information content (AvgIpc) is 3.36. The second-order valence-corrected chi connectivity index (χ2v) is 8.59. The number of H-pyrrole nitrogens is 1. The summed E-state index contributed by atoms with van der Waals surface area (Å²) in [5.41, 5.74) is 10.3. The average molecular weight is 471 g/mol. The molecule has 3 aromatic rings. The summed E-state index contributed by atoms with van der Waals surface area (Å²) in [6, 6.07) is 17.4. The molecular formula is C28H30N4O3. The summed E-state index contributed by atoms with van der Waals surface area (Å²) in [7, 11) is 0. The van der Waals surface area contributed by atoms with E-state index in [1.54, 1.807) is 0 Å². The standard InChI is InChI=1S/C28H30N4O3/c1-3-30-23(16-29)25(26-24(34)15-21(28(26)35)18-9-5-4-6-10-18)27-20(13-14-31-17(2)33)19-11-7-8-12-22(19)32-27/h3-12,16,21,25,30,32,35H,1,13-15,29H2,2H3,(H,31,33)/b23-16-. The third-order valence-corrected chi connectivity index (χ3v) is 6.43. The number of nitrogens with one attached hydrogen (secondary N) is 3. The molecular weight excluding hydrogens is 440 g/mol. The number of aromatic nitrogens is 1. The molecule has 0 saturated carbocycles. The van der Waals surface area contributed by atoms with Crippen LogP contribution >= 0.6 is 0 Å². The Labute approximate surface area is 204 Å². The lowest BCUT2D eigenvalue weighted by molar-refractivity contribution is -0.119. The molecule has 0 spiro atoms. The van der Waals surface area contributed by atoms with Gasteiger partial charge in [-0.3, -0.25) is 9.59 Å². The molecule has 4 rings (SSSR count). The molecule has 2 unspecified atom stereocenters. The number of aliphatic hydroxyl groups excluding tert-OH is 1. The van der Waals surface area contributed by atoms with Crippen LogP contribution in [0.3, 0.4) is 0 Å². The number of aromatic amines is 1. The molecule has 7 heteroatoms. The number of para-hydroxylation sites is 1. The van der Waals surface area contributed by atoms with Crippen molar-refractivity contribution in [2.45, 2.75) is 31.6 Å². The lowest BCUT2D eigenvalue weighted by atomic mass is 9.87. The molecule has 2 atom stereocenters. The van der Waals surface area contributed by atoms with Crippen molar-refractivity contribution in [3.8, 4) is 0 Å². The summed E-state index contributed by atoms with van der Waals surface area (Å²) in [5.74, 6) is -1.30. The minimum absolute atomic E-state index is 0.0443. The molecule has 1 aliphatic carbocycles. The van der Waals surface area contributed by atoms with Gasteiger partial charge >= 0.3 is 0 Å². The molecule has 180 valence electrons. The molecule has 1 aromatic heterocycles. The minimum atomic E-state index is -0.668. The Morgan fingerprint density at radius 2 is 1.94 bits per heavy atom. The molecule has 2 aromatic carbocycles. The van der Waals surface area contributed by atoms with E-state index in [-0.39, 0.29) is 23.9 Å². The molecule has 1 heterocycles. The maximum atomic E-state index is 13.4. The van der Waals surface area contributed by atoms with Gasteiger partial charge in [-0.25, -0.2) is 0 Å². The van der Waals surface area contributed by atoms with Gasteiger partial charge in [-0.1, -0.05) is 55.1 Å².